The minimum absolute atomic E-state index is 0.113. The molecule has 94 valence electrons. The molecule has 4 heteroatoms. The molecule has 0 aromatic carbocycles. The maximum absolute atomic E-state index is 9.84. The van der Waals surface area contributed by atoms with Crippen molar-refractivity contribution < 1.29 is 10.2 Å². The molecule has 1 fully saturated rings. The lowest BCUT2D eigenvalue weighted by Gasteiger charge is -2.24. The smallest absolute Gasteiger partial charge is 0.0795 e. The number of hydrogen-bond acceptors (Lipinski definition) is 4. The minimum atomic E-state index is -0.552. The van der Waals surface area contributed by atoms with E-state index in [0.717, 1.165) is 12.8 Å². The van der Waals surface area contributed by atoms with Crippen LogP contribution in [0.2, 0.25) is 0 Å². The Balaban J connectivity index is 2.22. The number of rotatable bonds is 6. The van der Waals surface area contributed by atoms with Crippen LogP contribution in [0.5, 0.6) is 0 Å². The van der Waals surface area contributed by atoms with Crippen LogP contribution in [0.15, 0.2) is 12.2 Å². The van der Waals surface area contributed by atoms with Crippen molar-refractivity contribution in [3.63, 3.8) is 0 Å². The van der Waals surface area contributed by atoms with E-state index in [1.807, 2.05) is 30.4 Å². The van der Waals surface area contributed by atoms with Gasteiger partial charge in [0.1, 0.15) is 0 Å². The molecule has 2 N–H and O–H groups in total. The Bertz CT molecular complexity index is 215. The molecule has 0 amide bonds. The third kappa shape index (κ3) is 4.70. The van der Waals surface area contributed by atoms with Gasteiger partial charge in [-0.05, 0) is 42.3 Å². The molecule has 1 unspecified atom stereocenters. The van der Waals surface area contributed by atoms with E-state index >= 15 is 0 Å². The monoisotopic (exact) mass is 262 g/mol. The van der Waals surface area contributed by atoms with Gasteiger partial charge in [0.25, 0.3) is 0 Å². The van der Waals surface area contributed by atoms with Crippen molar-refractivity contribution in [2.24, 2.45) is 5.92 Å². The quantitative estimate of drug-likeness (QED) is 0.722. The van der Waals surface area contributed by atoms with Gasteiger partial charge in [-0.2, -0.15) is 0 Å². The predicted octanol–water partition coefficient (Wildman–Crippen LogP) is 2.51. The van der Waals surface area contributed by atoms with Gasteiger partial charge in [0.15, 0.2) is 0 Å². The molecule has 1 aliphatic heterocycles. The molecule has 0 aromatic rings. The zero-order chi connectivity index (χ0) is 12.0. The van der Waals surface area contributed by atoms with Crippen LogP contribution in [-0.4, -0.2) is 39.0 Å². The highest BCUT2D eigenvalue weighted by Crippen LogP contribution is 2.35. The third-order valence-corrected chi connectivity index (χ3v) is 5.99. The molecule has 0 spiro atoms. The molecule has 1 rings (SSSR count). The first-order chi connectivity index (χ1) is 7.65. The van der Waals surface area contributed by atoms with Crippen LogP contribution in [0.3, 0.4) is 0 Å². The lowest BCUT2D eigenvalue weighted by atomic mass is 9.94. The maximum Gasteiger partial charge on any atom is 0.0795 e. The van der Waals surface area contributed by atoms with Crippen molar-refractivity contribution in [1.29, 1.82) is 0 Å². The van der Waals surface area contributed by atoms with Gasteiger partial charge < -0.3 is 10.2 Å². The summed E-state index contributed by atoms with van der Waals surface area (Å²) in [7, 11) is 0. The zero-order valence-electron chi connectivity index (χ0n) is 9.89. The van der Waals surface area contributed by atoms with Crippen molar-refractivity contribution >= 4 is 23.5 Å². The van der Waals surface area contributed by atoms with E-state index < -0.39 is 6.10 Å². The van der Waals surface area contributed by atoms with E-state index in [4.69, 9.17) is 5.11 Å². The number of hydrogen-bond donors (Lipinski definition) is 2. The minimum Gasteiger partial charge on any atom is -0.392 e. The largest absolute Gasteiger partial charge is 0.392 e. The van der Waals surface area contributed by atoms with Gasteiger partial charge in [0.05, 0.1) is 17.3 Å². The average molecular weight is 262 g/mol. The molecule has 16 heavy (non-hydrogen) atoms. The summed E-state index contributed by atoms with van der Waals surface area (Å²) < 4.78 is 0.700. The predicted molar refractivity (Wildman–Crippen MR) is 74.0 cm³/mol. The van der Waals surface area contributed by atoms with E-state index in [2.05, 4.69) is 6.58 Å². The first-order valence-electron chi connectivity index (χ1n) is 5.85. The van der Waals surface area contributed by atoms with Crippen molar-refractivity contribution in [2.75, 3.05) is 18.1 Å². The first kappa shape index (κ1) is 14.4. The van der Waals surface area contributed by atoms with Gasteiger partial charge in [-0.15, -0.1) is 23.5 Å². The molecular weight excluding hydrogens is 240 g/mol. The van der Waals surface area contributed by atoms with E-state index in [0.29, 0.717) is 10.2 Å². The SMILES string of the molecule is C=C(CO)C(O)[C@@H](C)CCC1SCCCS1. The van der Waals surface area contributed by atoms with Gasteiger partial charge in [-0.3, -0.25) is 0 Å². The maximum atomic E-state index is 9.84. The Labute approximate surface area is 107 Å². The van der Waals surface area contributed by atoms with Gasteiger partial charge in [0, 0.05) is 0 Å². The van der Waals surface area contributed by atoms with E-state index in [-0.39, 0.29) is 12.5 Å². The number of thioether (sulfide) groups is 2. The van der Waals surface area contributed by atoms with Crippen molar-refractivity contribution in [2.45, 2.75) is 36.9 Å². The zero-order valence-corrected chi connectivity index (χ0v) is 11.5. The summed E-state index contributed by atoms with van der Waals surface area (Å²) in [6.45, 7) is 5.60. The van der Waals surface area contributed by atoms with E-state index in [1.165, 1.54) is 17.9 Å². The Morgan fingerprint density at radius 1 is 1.44 bits per heavy atom. The Morgan fingerprint density at radius 3 is 2.62 bits per heavy atom. The van der Waals surface area contributed by atoms with Gasteiger partial charge in [-0.1, -0.05) is 13.5 Å². The standard InChI is InChI=1S/C12H22O2S2/c1-9(12(14)10(2)8-13)4-5-11-15-6-3-7-16-11/h9,11-14H,2-8H2,1H3/t9-,12?/m0/s1. The molecule has 0 saturated carbocycles. The van der Waals surface area contributed by atoms with E-state index in [1.54, 1.807) is 0 Å². The van der Waals surface area contributed by atoms with Crippen LogP contribution >= 0.6 is 23.5 Å². The van der Waals surface area contributed by atoms with Crippen LogP contribution < -0.4 is 0 Å². The van der Waals surface area contributed by atoms with Crippen LogP contribution in [0, 0.1) is 5.92 Å². The molecule has 0 aliphatic carbocycles. The molecule has 2 nitrogen and oxygen atoms in total. The summed E-state index contributed by atoms with van der Waals surface area (Å²) >= 11 is 4.08. The molecule has 1 heterocycles. The first-order valence-corrected chi connectivity index (χ1v) is 7.94. The highest BCUT2D eigenvalue weighted by molar-refractivity contribution is 8.17. The molecular formula is C12H22O2S2. The normalized spacial score (nSPS) is 21.7. The Kier molecular flexibility index (Phi) is 6.89. The Hall–Kier alpha value is 0.360. The lowest BCUT2D eigenvalue weighted by Crippen LogP contribution is -2.22. The summed E-state index contributed by atoms with van der Waals surface area (Å²) in [4.78, 5) is 0. The van der Waals surface area contributed by atoms with Gasteiger partial charge in [-0.25, -0.2) is 0 Å². The summed E-state index contributed by atoms with van der Waals surface area (Å²) in [6.07, 6.45) is 2.92. The molecule has 0 bridgehead atoms. The number of aliphatic hydroxyl groups excluding tert-OH is 2. The van der Waals surface area contributed by atoms with Crippen LogP contribution in [-0.2, 0) is 0 Å². The highest BCUT2D eigenvalue weighted by atomic mass is 32.2. The molecule has 0 aromatic heterocycles. The fourth-order valence-corrected chi connectivity index (χ4v) is 4.65. The summed E-state index contributed by atoms with van der Waals surface area (Å²) in [5.41, 5.74) is 0.538. The van der Waals surface area contributed by atoms with Gasteiger partial charge in [0.2, 0.25) is 0 Å². The van der Waals surface area contributed by atoms with Crippen molar-refractivity contribution in [3.05, 3.63) is 12.2 Å². The van der Waals surface area contributed by atoms with Crippen LogP contribution in [0.25, 0.3) is 0 Å². The van der Waals surface area contributed by atoms with Crippen LogP contribution in [0.4, 0.5) is 0 Å². The molecule has 1 aliphatic rings. The molecule has 1 saturated heterocycles. The second-order valence-electron chi connectivity index (χ2n) is 4.34. The second kappa shape index (κ2) is 7.64. The second-order valence-corrected chi connectivity index (χ2v) is 7.26. The lowest BCUT2D eigenvalue weighted by molar-refractivity contribution is 0.130. The Morgan fingerprint density at radius 2 is 2.06 bits per heavy atom. The summed E-state index contributed by atoms with van der Waals surface area (Å²) in [5.74, 6) is 2.75. The van der Waals surface area contributed by atoms with Gasteiger partial charge >= 0.3 is 0 Å². The fourth-order valence-electron chi connectivity index (χ4n) is 1.76. The summed E-state index contributed by atoms with van der Waals surface area (Å²) in [5, 5.41) is 18.7. The van der Waals surface area contributed by atoms with Crippen LogP contribution in [0.1, 0.15) is 26.2 Å². The van der Waals surface area contributed by atoms with Crippen molar-refractivity contribution in [3.8, 4) is 0 Å². The topological polar surface area (TPSA) is 40.5 Å². The molecule has 2 atom stereocenters. The average Bonchev–Trinajstić information content (AvgIpc) is 2.35. The third-order valence-electron chi connectivity index (χ3n) is 2.91. The van der Waals surface area contributed by atoms with Crippen molar-refractivity contribution in [1.82, 2.24) is 0 Å². The molecule has 0 radical (unpaired) electrons. The number of aliphatic hydroxyl groups is 2. The highest BCUT2D eigenvalue weighted by Gasteiger charge is 2.20. The van der Waals surface area contributed by atoms with E-state index in [9.17, 15) is 5.11 Å². The fraction of sp³-hybridized carbons (Fsp3) is 0.833. The summed E-state index contributed by atoms with van der Waals surface area (Å²) in [6, 6.07) is 0.